The van der Waals surface area contributed by atoms with Crippen molar-refractivity contribution in [2.24, 2.45) is 5.92 Å². The zero-order chi connectivity index (χ0) is 14.8. The highest BCUT2D eigenvalue weighted by molar-refractivity contribution is 5.35. The van der Waals surface area contributed by atoms with Crippen LogP contribution in [0.1, 0.15) is 12.8 Å². The molecule has 4 nitrogen and oxygen atoms in total. The van der Waals surface area contributed by atoms with E-state index in [9.17, 15) is 0 Å². The first-order chi connectivity index (χ1) is 10.9. The molecule has 114 valence electrons. The first-order valence-electron chi connectivity index (χ1n) is 7.92. The van der Waals surface area contributed by atoms with Crippen molar-refractivity contribution in [2.45, 2.75) is 18.9 Å². The maximum absolute atomic E-state index is 5.90. The Labute approximate surface area is 130 Å². The van der Waals surface area contributed by atoms with Gasteiger partial charge in [0.1, 0.15) is 18.1 Å². The lowest BCUT2D eigenvalue weighted by Crippen LogP contribution is -2.12. The van der Waals surface area contributed by atoms with Crippen LogP contribution in [0.15, 0.2) is 48.7 Å². The van der Waals surface area contributed by atoms with Crippen molar-refractivity contribution in [3.8, 4) is 17.4 Å². The van der Waals surface area contributed by atoms with Crippen molar-refractivity contribution in [1.82, 2.24) is 9.88 Å². The molecule has 4 rings (SSSR count). The fourth-order valence-corrected chi connectivity index (χ4v) is 2.59. The molecule has 2 atom stereocenters. The smallest absolute Gasteiger partial charge is 0.219 e. The summed E-state index contributed by atoms with van der Waals surface area (Å²) in [4.78, 5) is 6.67. The van der Waals surface area contributed by atoms with Crippen LogP contribution >= 0.6 is 0 Å². The van der Waals surface area contributed by atoms with E-state index in [1.165, 1.54) is 25.9 Å². The number of nitrogens with zero attached hydrogens (tertiary/aromatic N) is 2. The quantitative estimate of drug-likeness (QED) is 0.734. The summed E-state index contributed by atoms with van der Waals surface area (Å²) in [5, 5.41) is 0. The number of pyridine rings is 1. The van der Waals surface area contributed by atoms with Gasteiger partial charge in [0.25, 0.3) is 0 Å². The molecule has 0 bridgehead atoms. The first kappa shape index (κ1) is 13.6. The Morgan fingerprint density at radius 1 is 1.09 bits per heavy atom. The third kappa shape index (κ3) is 3.57. The summed E-state index contributed by atoms with van der Waals surface area (Å²) < 4.78 is 11.6. The fourth-order valence-electron chi connectivity index (χ4n) is 2.59. The minimum Gasteiger partial charge on any atom is -0.492 e. The minimum absolute atomic E-state index is 0.595. The normalized spacial score (nSPS) is 23.1. The molecule has 0 amide bonds. The van der Waals surface area contributed by atoms with Gasteiger partial charge in [-0.15, -0.1) is 0 Å². The van der Waals surface area contributed by atoms with Crippen LogP contribution in [0.3, 0.4) is 0 Å². The second-order valence-corrected chi connectivity index (χ2v) is 6.11. The van der Waals surface area contributed by atoms with Crippen molar-refractivity contribution >= 4 is 0 Å². The average Bonchev–Trinajstić information content (AvgIpc) is 3.46. The van der Waals surface area contributed by atoms with Crippen LogP contribution in [-0.2, 0) is 0 Å². The monoisotopic (exact) mass is 296 g/mol. The number of benzene rings is 1. The van der Waals surface area contributed by atoms with Crippen LogP contribution in [0.2, 0.25) is 0 Å². The van der Waals surface area contributed by atoms with Crippen LogP contribution in [0.25, 0.3) is 0 Å². The Morgan fingerprint density at radius 2 is 2.00 bits per heavy atom. The van der Waals surface area contributed by atoms with E-state index in [1.807, 2.05) is 42.5 Å². The molecular formula is C18H20N2O2. The van der Waals surface area contributed by atoms with E-state index in [-0.39, 0.29) is 0 Å². The number of hydrogen-bond donors (Lipinski definition) is 0. The molecule has 2 aliphatic rings. The number of hydrogen-bond acceptors (Lipinski definition) is 4. The van der Waals surface area contributed by atoms with Gasteiger partial charge in [0, 0.05) is 31.4 Å². The molecule has 2 heterocycles. The van der Waals surface area contributed by atoms with Gasteiger partial charge in [-0.25, -0.2) is 4.98 Å². The number of rotatable bonds is 7. The predicted octanol–water partition coefficient (Wildman–Crippen LogP) is 3.35. The van der Waals surface area contributed by atoms with Gasteiger partial charge < -0.3 is 9.47 Å². The third-order valence-corrected chi connectivity index (χ3v) is 4.13. The third-order valence-electron chi connectivity index (χ3n) is 4.13. The van der Waals surface area contributed by atoms with Gasteiger partial charge in [0.15, 0.2) is 0 Å². The molecule has 1 aliphatic carbocycles. The molecule has 1 aliphatic heterocycles. The van der Waals surface area contributed by atoms with Gasteiger partial charge in [-0.3, -0.25) is 4.90 Å². The zero-order valence-corrected chi connectivity index (χ0v) is 12.5. The van der Waals surface area contributed by atoms with Crippen LogP contribution in [0, 0.1) is 5.92 Å². The van der Waals surface area contributed by atoms with E-state index in [0.29, 0.717) is 11.9 Å². The Hall–Kier alpha value is -2.07. The average molecular weight is 296 g/mol. The highest BCUT2D eigenvalue weighted by Crippen LogP contribution is 2.33. The SMILES string of the molecule is c1ccc(Oc2cccc(OCC3CN3CC3CC3)c2)nc1. The van der Waals surface area contributed by atoms with Crippen LogP contribution in [-0.4, -0.2) is 35.6 Å². The Kier molecular flexibility index (Phi) is 3.69. The summed E-state index contributed by atoms with van der Waals surface area (Å²) >= 11 is 0. The second kappa shape index (κ2) is 5.97. The van der Waals surface area contributed by atoms with Crippen molar-refractivity contribution in [1.29, 1.82) is 0 Å². The van der Waals surface area contributed by atoms with E-state index in [2.05, 4.69) is 9.88 Å². The van der Waals surface area contributed by atoms with Gasteiger partial charge in [0.2, 0.25) is 5.88 Å². The molecule has 1 saturated carbocycles. The van der Waals surface area contributed by atoms with Crippen LogP contribution in [0.5, 0.6) is 17.4 Å². The maximum atomic E-state index is 5.90. The summed E-state index contributed by atoms with van der Waals surface area (Å²) in [5.41, 5.74) is 0. The molecule has 0 N–H and O–H groups in total. The van der Waals surface area contributed by atoms with E-state index >= 15 is 0 Å². The molecule has 1 aromatic carbocycles. The lowest BCUT2D eigenvalue weighted by atomic mass is 10.3. The summed E-state index contributed by atoms with van der Waals surface area (Å²) in [5.74, 6) is 3.16. The van der Waals surface area contributed by atoms with Gasteiger partial charge in [-0.1, -0.05) is 12.1 Å². The Morgan fingerprint density at radius 3 is 2.82 bits per heavy atom. The largest absolute Gasteiger partial charge is 0.492 e. The molecule has 1 saturated heterocycles. The molecule has 22 heavy (non-hydrogen) atoms. The molecule has 0 spiro atoms. The van der Waals surface area contributed by atoms with Gasteiger partial charge in [-0.05, 0) is 37.0 Å². The molecule has 2 unspecified atom stereocenters. The van der Waals surface area contributed by atoms with Crippen LogP contribution in [0.4, 0.5) is 0 Å². The van der Waals surface area contributed by atoms with Crippen molar-refractivity contribution < 1.29 is 9.47 Å². The zero-order valence-electron chi connectivity index (χ0n) is 12.5. The lowest BCUT2D eigenvalue weighted by molar-refractivity contribution is 0.291. The van der Waals surface area contributed by atoms with Gasteiger partial charge in [-0.2, -0.15) is 0 Å². The highest BCUT2D eigenvalue weighted by Gasteiger charge is 2.38. The molecule has 2 aromatic rings. The second-order valence-electron chi connectivity index (χ2n) is 6.11. The standard InChI is InChI=1S/C18H20N2O2/c1-2-9-19-18(6-1)22-17-5-3-4-16(10-17)21-13-15-12-20(15)11-14-7-8-14/h1-6,9-10,14-15H,7-8,11-13H2. The molecule has 0 radical (unpaired) electrons. The van der Waals surface area contributed by atoms with Gasteiger partial charge >= 0.3 is 0 Å². The Balaban J connectivity index is 1.30. The number of aromatic nitrogens is 1. The maximum Gasteiger partial charge on any atom is 0.219 e. The Bertz CT molecular complexity index is 628. The highest BCUT2D eigenvalue weighted by atomic mass is 16.5. The lowest BCUT2D eigenvalue weighted by Gasteiger charge is -2.09. The summed E-state index contributed by atoms with van der Waals surface area (Å²) in [6.45, 7) is 3.21. The van der Waals surface area contributed by atoms with Crippen molar-refractivity contribution in [3.05, 3.63) is 48.7 Å². The van der Waals surface area contributed by atoms with E-state index in [1.54, 1.807) is 6.20 Å². The topological polar surface area (TPSA) is 34.4 Å². The summed E-state index contributed by atoms with van der Waals surface area (Å²) in [6.07, 6.45) is 4.55. The minimum atomic E-state index is 0.595. The molecule has 4 heteroatoms. The van der Waals surface area contributed by atoms with Crippen LogP contribution < -0.4 is 9.47 Å². The summed E-state index contributed by atoms with van der Waals surface area (Å²) in [6, 6.07) is 14.0. The predicted molar refractivity (Wildman–Crippen MR) is 84.3 cm³/mol. The van der Waals surface area contributed by atoms with Crippen molar-refractivity contribution in [2.75, 3.05) is 19.7 Å². The number of ether oxygens (including phenoxy) is 2. The molecular weight excluding hydrogens is 276 g/mol. The van der Waals surface area contributed by atoms with Crippen molar-refractivity contribution in [3.63, 3.8) is 0 Å². The van der Waals surface area contributed by atoms with E-state index in [0.717, 1.165) is 24.0 Å². The molecule has 2 fully saturated rings. The van der Waals surface area contributed by atoms with E-state index in [4.69, 9.17) is 9.47 Å². The van der Waals surface area contributed by atoms with E-state index < -0.39 is 0 Å². The fraction of sp³-hybridized carbons (Fsp3) is 0.389. The van der Waals surface area contributed by atoms with Gasteiger partial charge in [0.05, 0.1) is 6.04 Å². The summed E-state index contributed by atoms with van der Waals surface area (Å²) in [7, 11) is 0. The molecule has 1 aromatic heterocycles. The first-order valence-corrected chi connectivity index (χ1v) is 7.92.